The topological polar surface area (TPSA) is 102 Å². The van der Waals surface area contributed by atoms with Gasteiger partial charge < -0.3 is 15.4 Å². The van der Waals surface area contributed by atoms with Crippen LogP contribution in [0.25, 0.3) is 10.9 Å². The van der Waals surface area contributed by atoms with Gasteiger partial charge in [0.05, 0.1) is 17.5 Å². The largest absolute Gasteiger partial charge is 0.494 e. The summed E-state index contributed by atoms with van der Waals surface area (Å²) in [5.41, 5.74) is 0.906. The fourth-order valence-corrected chi connectivity index (χ4v) is 2.52. The molecule has 0 unspecified atom stereocenters. The number of hydrogen-bond acceptors (Lipinski definition) is 7. The molecular formula is C17H16FN5O3. The van der Waals surface area contributed by atoms with Crippen LogP contribution in [-0.4, -0.2) is 35.1 Å². The van der Waals surface area contributed by atoms with Crippen LogP contribution in [0.15, 0.2) is 42.7 Å². The molecule has 0 atom stereocenters. The summed E-state index contributed by atoms with van der Waals surface area (Å²) in [6, 6.07) is 9.23. The van der Waals surface area contributed by atoms with E-state index in [4.69, 9.17) is 4.74 Å². The van der Waals surface area contributed by atoms with Crippen molar-refractivity contribution in [2.75, 3.05) is 30.8 Å². The van der Waals surface area contributed by atoms with E-state index in [2.05, 4.69) is 20.6 Å². The Labute approximate surface area is 148 Å². The molecule has 0 aliphatic heterocycles. The smallest absolute Gasteiger partial charge is 0.292 e. The van der Waals surface area contributed by atoms with Crippen LogP contribution in [0.2, 0.25) is 0 Å². The van der Waals surface area contributed by atoms with Crippen LogP contribution < -0.4 is 15.4 Å². The molecule has 9 heteroatoms. The molecule has 0 aliphatic rings. The molecule has 1 heterocycles. The fraction of sp³-hybridized carbons (Fsp3) is 0.176. The molecule has 0 spiro atoms. The Morgan fingerprint density at radius 1 is 1.19 bits per heavy atom. The lowest BCUT2D eigenvalue weighted by Crippen LogP contribution is -2.15. The number of nitro groups is 1. The van der Waals surface area contributed by atoms with Crippen LogP contribution in [0, 0.1) is 15.9 Å². The maximum atomic E-state index is 13.8. The van der Waals surface area contributed by atoms with E-state index in [1.807, 2.05) is 0 Å². The van der Waals surface area contributed by atoms with Gasteiger partial charge in [-0.1, -0.05) is 12.1 Å². The Morgan fingerprint density at radius 2 is 1.96 bits per heavy atom. The predicted molar refractivity (Wildman–Crippen MR) is 96.1 cm³/mol. The van der Waals surface area contributed by atoms with E-state index in [0.29, 0.717) is 35.5 Å². The van der Waals surface area contributed by atoms with Gasteiger partial charge in [0.25, 0.3) is 5.69 Å². The summed E-state index contributed by atoms with van der Waals surface area (Å²) in [5, 5.41) is 17.8. The van der Waals surface area contributed by atoms with Gasteiger partial charge in [0.2, 0.25) is 0 Å². The summed E-state index contributed by atoms with van der Waals surface area (Å²) in [6.07, 6.45) is 1.34. The zero-order chi connectivity index (χ0) is 18.5. The van der Waals surface area contributed by atoms with Gasteiger partial charge in [-0.05, 0) is 12.1 Å². The zero-order valence-electron chi connectivity index (χ0n) is 13.9. The molecule has 1 aromatic heterocycles. The second-order valence-electron chi connectivity index (χ2n) is 5.35. The number of rotatable bonds is 7. The summed E-state index contributed by atoms with van der Waals surface area (Å²) in [5.74, 6) is 0.133. The molecule has 0 aliphatic carbocycles. The molecule has 0 amide bonds. The van der Waals surface area contributed by atoms with E-state index < -0.39 is 10.7 Å². The monoisotopic (exact) mass is 357 g/mol. The minimum atomic E-state index is -0.497. The van der Waals surface area contributed by atoms with Crippen molar-refractivity contribution in [1.82, 2.24) is 9.97 Å². The number of methoxy groups -OCH3 is 1. The van der Waals surface area contributed by atoms with Crippen molar-refractivity contribution in [1.29, 1.82) is 0 Å². The first-order valence-electron chi connectivity index (χ1n) is 7.79. The van der Waals surface area contributed by atoms with Crippen molar-refractivity contribution in [3.8, 4) is 5.75 Å². The Hall–Kier alpha value is -3.49. The third-order valence-electron chi connectivity index (χ3n) is 3.74. The average Bonchev–Trinajstić information content (AvgIpc) is 2.64. The highest BCUT2D eigenvalue weighted by atomic mass is 19.1. The van der Waals surface area contributed by atoms with E-state index in [0.717, 1.165) is 0 Å². The molecule has 0 bridgehead atoms. The van der Waals surface area contributed by atoms with Crippen molar-refractivity contribution in [3.63, 3.8) is 0 Å². The lowest BCUT2D eigenvalue weighted by atomic mass is 10.2. The number of halogens is 1. The van der Waals surface area contributed by atoms with E-state index in [1.165, 1.54) is 31.6 Å². The number of benzene rings is 2. The first kappa shape index (κ1) is 17.3. The maximum absolute atomic E-state index is 13.8. The van der Waals surface area contributed by atoms with Crippen LogP contribution in [-0.2, 0) is 0 Å². The van der Waals surface area contributed by atoms with E-state index in [-0.39, 0.29) is 11.4 Å². The second kappa shape index (κ2) is 7.60. The van der Waals surface area contributed by atoms with E-state index in [9.17, 15) is 14.5 Å². The molecule has 0 saturated carbocycles. The van der Waals surface area contributed by atoms with Crippen molar-refractivity contribution < 1.29 is 14.1 Å². The molecule has 3 aromatic rings. The Bertz CT molecular complexity index is 951. The summed E-state index contributed by atoms with van der Waals surface area (Å²) >= 11 is 0. The van der Waals surface area contributed by atoms with Crippen LogP contribution >= 0.6 is 0 Å². The van der Waals surface area contributed by atoms with Crippen molar-refractivity contribution in [3.05, 3.63) is 58.7 Å². The molecule has 0 fully saturated rings. The number of aromatic nitrogens is 2. The van der Waals surface area contributed by atoms with Crippen LogP contribution in [0.3, 0.4) is 0 Å². The molecule has 8 nitrogen and oxygen atoms in total. The van der Waals surface area contributed by atoms with Crippen molar-refractivity contribution >= 4 is 28.1 Å². The summed E-state index contributed by atoms with van der Waals surface area (Å²) in [4.78, 5) is 18.8. The third kappa shape index (κ3) is 3.61. The number of anilines is 2. The van der Waals surface area contributed by atoms with Gasteiger partial charge >= 0.3 is 0 Å². The number of nitrogens with zero attached hydrogens (tertiary/aromatic N) is 3. The van der Waals surface area contributed by atoms with E-state index in [1.54, 1.807) is 18.2 Å². The summed E-state index contributed by atoms with van der Waals surface area (Å²) < 4.78 is 18.8. The summed E-state index contributed by atoms with van der Waals surface area (Å²) in [7, 11) is 1.39. The minimum Gasteiger partial charge on any atom is -0.494 e. The Kier molecular flexibility index (Phi) is 5.07. The average molecular weight is 357 g/mol. The maximum Gasteiger partial charge on any atom is 0.292 e. The normalized spacial score (nSPS) is 10.5. The lowest BCUT2D eigenvalue weighted by molar-refractivity contribution is -0.384. The summed E-state index contributed by atoms with van der Waals surface area (Å²) in [6.45, 7) is 0.868. The van der Waals surface area contributed by atoms with Gasteiger partial charge in [-0.15, -0.1) is 0 Å². The standard InChI is InChI=1S/C17H16FN5O3/c1-26-16-8-11-14(9-12(16)18)21-10-22-17(11)20-7-6-19-13-4-2-3-5-15(13)23(24)25/h2-5,8-10,19H,6-7H2,1H3,(H,20,21,22). The van der Waals surface area contributed by atoms with Crippen LogP contribution in [0.1, 0.15) is 0 Å². The van der Waals surface area contributed by atoms with Gasteiger partial charge in [-0.3, -0.25) is 10.1 Å². The molecular weight excluding hydrogens is 341 g/mol. The zero-order valence-corrected chi connectivity index (χ0v) is 13.9. The SMILES string of the molecule is COc1cc2c(NCCNc3ccccc3[N+](=O)[O-])ncnc2cc1F. The van der Waals surface area contributed by atoms with Crippen LogP contribution in [0.4, 0.5) is 21.6 Å². The van der Waals surface area contributed by atoms with Gasteiger partial charge in [-0.2, -0.15) is 0 Å². The van der Waals surface area contributed by atoms with Crippen LogP contribution in [0.5, 0.6) is 5.75 Å². The van der Waals surface area contributed by atoms with Gasteiger partial charge in [0, 0.05) is 30.6 Å². The number of nitrogens with one attached hydrogen (secondary N) is 2. The van der Waals surface area contributed by atoms with E-state index >= 15 is 0 Å². The molecule has 134 valence electrons. The molecule has 0 saturated heterocycles. The highest BCUT2D eigenvalue weighted by Crippen LogP contribution is 2.27. The van der Waals surface area contributed by atoms with Gasteiger partial charge in [0.15, 0.2) is 11.6 Å². The molecule has 26 heavy (non-hydrogen) atoms. The minimum absolute atomic E-state index is 0.0141. The molecule has 2 N–H and O–H groups in total. The second-order valence-corrected chi connectivity index (χ2v) is 5.35. The highest BCUT2D eigenvalue weighted by Gasteiger charge is 2.12. The molecule has 2 aromatic carbocycles. The Morgan fingerprint density at radius 3 is 2.73 bits per heavy atom. The number of hydrogen-bond donors (Lipinski definition) is 2. The number of nitro benzene ring substituents is 1. The predicted octanol–water partition coefficient (Wildman–Crippen LogP) is 3.21. The number of fused-ring (bicyclic) bond motifs is 1. The first-order chi connectivity index (χ1) is 12.6. The van der Waals surface area contributed by atoms with Crippen molar-refractivity contribution in [2.24, 2.45) is 0 Å². The third-order valence-corrected chi connectivity index (χ3v) is 3.74. The van der Waals surface area contributed by atoms with Crippen molar-refractivity contribution in [2.45, 2.75) is 0 Å². The number of ether oxygens (including phenoxy) is 1. The number of para-hydroxylation sites is 2. The lowest BCUT2D eigenvalue weighted by Gasteiger charge is -2.11. The van der Waals surface area contributed by atoms with Gasteiger partial charge in [0.1, 0.15) is 17.8 Å². The molecule has 3 rings (SSSR count). The quantitative estimate of drug-likeness (QED) is 0.380. The Balaban J connectivity index is 1.70. The van der Waals surface area contributed by atoms with Gasteiger partial charge in [-0.25, -0.2) is 14.4 Å². The molecule has 0 radical (unpaired) electrons. The fourth-order valence-electron chi connectivity index (χ4n) is 2.52. The first-order valence-corrected chi connectivity index (χ1v) is 7.79. The highest BCUT2D eigenvalue weighted by molar-refractivity contribution is 5.90.